The van der Waals surface area contributed by atoms with Crippen LogP contribution in [-0.4, -0.2) is 39.9 Å². The third kappa shape index (κ3) is 5.23. The highest BCUT2D eigenvalue weighted by Crippen LogP contribution is 2.18. The molecule has 0 aliphatic carbocycles. The lowest BCUT2D eigenvalue weighted by molar-refractivity contribution is -0.121. The van der Waals surface area contributed by atoms with Crippen molar-refractivity contribution < 1.29 is 14.3 Å². The summed E-state index contributed by atoms with van der Waals surface area (Å²) < 4.78 is 5.79. The maximum Gasteiger partial charge on any atom is 0.281 e. The molecular formula is C19H21N3O3S. The monoisotopic (exact) mass is 371 g/mol. The van der Waals surface area contributed by atoms with E-state index in [1.165, 1.54) is 11.8 Å². The van der Waals surface area contributed by atoms with Gasteiger partial charge >= 0.3 is 0 Å². The van der Waals surface area contributed by atoms with Crippen molar-refractivity contribution in [2.24, 2.45) is 0 Å². The van der Waals surface area contributed by atoms with Gasteiger partial charge in [-0.2, -0.15) is 0 Å². The summed E-state index contributed by atoms with van der Waals surface area (Å²) in [6, 6.07) is 13.6. The van der Waals surface area contributed by atoms with Crippen molar-refractivity contribution in [1.29, 1.82) is 0 Å². The molecule has 0 bridgehead atoms. The molecule has 1 aliphatic rings. The van der Waals surface area contributed by atoms with Crippen LogP contribution < -0.4 is 10.1 Å². The number of hydrogen-bond acceptors (Lipinski definition) is 5. The van der Waals surface area contributed by atoms with E-state index in [0.717, 1.165) is 23.4 Å². The van der Waals surface area contributed by atoms with E-state index in [0.29, 0.717) is 32.0 Å². The fourth-order valence-corrected chi connectivity index (χ4v) is 3.41. The van der Waals surface area contributed by atoms with E-state index in [2.05, 4.69) is 10.3 Å². The van der Waals surface area contributed by atoms with E-state index in [-0.39, 0.29) is 11.1 Å². The van der Waals surface area contributed by atoms with Crippen LogP contribution in [0.2, 0.25) is 0 Å². The van der Waals surface area contributed by atoms with Crippen LogP contribution in [0.5, 0.6) is 5.88 Å². The first-order valence-electron chi connectivity index (χ1n) is 8.51. The fourth-order valence-electron chi connectivity index (χ4n) is 2.56. The Morgan fingerprint density at radius 3 is 2.85 bits per heavy atom. The lowest BCUT2D eigenvalue weighted by Gasteiger charge is -2.14. The van der Waals surface area contributed by atoms with Crippen molar-refractivity contribution in [2.75, 3.05) is 18.8 Å². The number of rotatable bonds is 8. The third-order valence-electron chi connectivity index (χ3n) is 4.00. The molecule has 1 aromatic heterocycles. The molecule has 2 aromatic rings. The zero-order valence-corrected chi connectivity index (χ0v) is 15.2. The zero-order valence-electron chi connectivity index (χ0n) is 14.4. The van der Waals surface area contributed by atoms with Crippen LogP contribution in [0.1, 0.15) is 17.5 Å². The maximum atomic E-state index is 12.1. The van der Waals surface area contributed by atoms with Crippen molar-refractivity contribution in [1.82, 2.24) is 15.2 Å². The van der Waals surface area contributed by atoms with Crippen LogP contribution in [0.15, 0.2) is 48.7 Å². The van der Waals surface area contributed by atoms with Gasteiger partial charge in [0, 0.05) is 43.6 Å². The number of hydrogen-bond donors (Lipinski definition) is 1. The van der Waals surface area contributed by atoms with E-state index in [1.807, 2.05) is 42.5 Å². The highest BCUT2D eigenvalue weighted by molar-refractivity contribution is 8.13. The van der Waals surface area contributed by atoms with Crippen molar-refractivity contribution in [3.05, 3.63) is 59.8 Å². The van der Waals surface area contributed by atoms with Gasteiger partial charge in [-0.15, -0.1) is 0 Å². The van der Waals surface area contributed by atoms with E-state index < -0.39 is 0 Å². The maximum absolute atomic E-state index is 12.1. The molecule has 2 heterocycles. The highest BCUT2D eigenvalue weighted by Gasteiger charge is 2.21. The summed E-state index contributed by atoms with van der Waals surface area (Å²) in [6.45, 7) is 1.95. The van der Waals surface area contributed by atoms with Crippen molar-refractivity contribution in [2.45, 2.75) is 19.6 Å². The molecule has 3 rings (SSSR count). The molecule has 2 amide bonds. The van der Waals surface area contributed by atoms with E-state index in [4.69, 9.17) is 4.74 Å². The number of thioether (sulfide) groups is 1. The van der Waals surface area contributed by atoms with Gasteiger partial charge in [0.2, 0.25) is 11.8 Å². The van der Waals surface area contributed by atoms with E-state index in [9.17, 15) is 9.59 Å². The molecule has 0 atom stereocenters. The van der Waals surface area contributed by atoms with Gasteiger partial charge in [-0.1, -0.05) is 48.2 Å². The fraction of sp³-hybridized carbons (Fsp3) is 0.316. The first-order chi connectivity index (χ1) is 12.7. The zero-order chi connectivity index (χ0) is 18.2. The Morgan fingerprint density at radius 1 is 1.23 bits per heavy atom. The van der Waals surface area contributed by atoms with Gasteiger partial charge in [-0.3, -0.25) is 9.59 Å². The number of pyridine rings is 1. The molecule has 1 saturated heterocycles. The Balaban J connectivity index is 1.48. The summed E-state index contributed by atoms with van der Waals surface area (Å²) in [5, 5.41) is 2.93. The summed E-state index contributed by atoms with van der Waals surface area (Å²) in [5.74, 6) is 1.23. The second kappa shape index (κ2) is 9.24. The number of ether oxygens (including phenoxy) is 1. The largest absolute Gasteiger partial charge is 0.473 e. The van der Waals surface area contributed by atoms with Crippen LogP contribution >= 0.6 is 11.8 Å². The Kier molecular flexibility index (Phi) is 6.49. The van der Waals surface area contributed by atoms with Crippen molar-refractivity contribution >= 4 is 22.9 Å². The molecule has 0 saturated carbocycles. The lowest BCUT2D eigenvalue weighted by Crippen LogP contribution is -2.30. The number of benzene rings is 1. The SMILES string of the molecule is O=C(CCN1CCSC1=O)NCc1cccnc1OCc1ccccc1. The summed E-state index contributed by atoms with van der Waals surface area (Å²) in [4.78, 5) is 29.6. The Hall–Kier alpha value is -2.54. The minimum Gasteiger partial charge on any atom is -0.473 e. The van der Waals surface area contributed by atoms with Crippen LogP contribution in [0.25, 0.3) is 0 Å². The molecule has 0 radical (unpaired) electrons. The summed E-state index contributed by atoms with van der Waals surface area (Å²) in [6.07, 6.45) is 1.97. The second-order valence-corrected chi connectivity index (χ2v) is 6.92. The van der Waals surface area contributed by atoms with Crippen LogP contribution in [0.4, 0.5) is 4.79 Å². The Morgan fingerprint density at radius 2 is 2.08 bits per heavy atom. The van der Waals surface area contributed by atoms with Crippen molar-refractivity contribution in [3.63, 3.8) is 0 Å². The molecule has 0 spiro atoms. The van der Waals surface area contributed by atoms with Gasteiger partial charge in [0.1, 0.15) is 6.61 Å². The molecule has 136 valence electrons. The van der Waals surface area contributed by atoms with E-state index in [1.54, 1.807) is 11.1 Å². The van der Waals surface area contributed by atoms with Gasteiger partial charge < -0.3 is 15.0 Å². The molecule has 1 aliphatic heterocycles. The van der Waals surface area contributed by atoms with Gasteiger partial charge in [0.05, 0.1) is 0 Å². The molecule has 7 heteroatoms. The van der Waals surface area contributed by atoms with Crippen LogP contribution in [-0.2, 0) is 17.9 Å². The first kappa shape index (κ1) is 18.3. The summed E-state index contributed by atoms with van der Waals surface area (Å²) >= 11 is 1.30. The Bertz CT molecular complexity index is 755. The molecule has 1 aromatic carbocycles. The number of nitrogens with zero attached hydrogens (tertiary/aromatic N) is 2. The third-order valence-corrected chi connectivity index (χ3v) is 4.89. The van der Waals surface area contributed by atoms with Crippen molar-refractivity contribution in [3.8, 4) is 5.88 Å². The number of amides is 2. The molecule has 1 N–H and O–H groups in total. The van der Waals surface area contributed by atoms with Crippen LogP contribution in [0.3, 0.4) is 0 Å². The second-order valence-electron chi connectivity index (χ2n) is 5.87. The Labute approximate surface area is 156 Å². The predicted octanol–water partition coefficient (Wildman–Crippen LogP) is 2.84. The summed E-state index contributed by atoms with van der Waals surface area (Å²) in [5.41, 5.74) is 1.88. The molecular weight excluding hydrogens is 350 g/mol. The average Bonchev–Trinajstić information content (AvgIpc) is 3.09. The quantitative estimate of drug-likeness (QED) is 0.773. The molecule has 1 fully saturated rings. The first-order valence-corrected chi connectivity index (χ1v) is 9.50. The standard InChI is InChI=1S/C19H21N3O3S/c23-17(8-10-22-11-12-26-19(22)24)21-13-16-7-4-9-20-18(16)25-14-15-5-2-1-3-6-15/h1-7,9H,8,10-14H2,(H,21,23). The molecule has 0 unspecified atom stereocenters. The predicted molar refractivity (Wildman–Crippen MR) is 101 cm³/mol. The van der Waals surface area contributed by atoms with Gasteiger partial charge in [-0.25, -0.2) is 4.98 Å². The average molecular weight is 371 g/mol. The normalized spacial score (nSPS) is 13.7. The van der Waals surface area contributed by atoms with Gasteiger partial charge in [0.15, 0.2) is 0 Å². The van der Waals surface area contributed by atoms with E-state index >= 15 is 0 Å². The topological polar surface area (TPSA) is 71.5 Å². The minimum atomic E-state index is -0.0902. The summed E-state index contributed by atoms with van der Waals surface area (Å²) in [7, 11) is 0. The van der Waals surface area contributed by atoms with Gasteiger partial charge in [0.25, 0.3) is 5.24 Å². The lowest BCUT2D eigenvalue weighted by atomic mass is 10.2. The minimum absolute atomic E-state index is 0.0571. The molecule has 6 nitrogen and oxygen atoms in total. The van der Waals surface area contributed by atoms with Crippen LogP contribution in [0, 0.1) is 0 Å². The number of nitrogens with one attached hydrogen (secondary N) is 1. The molecule has 26 heavy (non-hydrogen) atoms. The number of carbonyl (C=O) groups is 2. The smallest absolute Gasteiger partial charge is 0.281 e. The number of aromatic nitrogens is 1. The number of carbonyl (C=O) groups excluding carboxylic acids is 2. The highest BCUT2D eigenvalue weighted by atomic mass is 32.2. The van der Waals surface area contributed by atoms with Gasteiger partial charge in [-0.05, 0) is 11.6 Å².